The van der Waals surface area contributed by atoms with Gasteiger partial charge in [-0.1, -0.05) is 30.3 Å². The van der Waals surface area contributed by atoms with Crippen LogP contribution in [0.15, 0.2) is 48.8 Å². The van der Waals surface area contributed by atoms with Crippen molar-refractivity contribution >= 4 is 10.2 Å². The number of pyridine rings is 1. The van der Waals surface area contributed by atoms with Crippen LogP contribution in [0.5, 0.6) is 0 Å². The van der Waals surface area contributed by atoms with Gasteiger partial charge in [0.1, 0.15) is 0 Å². The summed E-state index contributed by atoms with van der Waals surface area (Å²) in [5.74, 6) is 0.376. The van der Waals surface area contributed by atoms with E-state index < -0.39 is 10.2 Å². The first kappa shape index (κ1) is 15.7. The van der Waals surface area contributed by atoms with Crippen molar-refractivity contribution in [3.63, 3.8) is 0 Å². The van der Waals surface area contributed by atoms with Gasteiger partial charge in [0.2, 0.25) is 0 Å². The van der Waals surface area contributed by atoms with Crippen LogP contribution in [0.1, 0.15) is 35.6 Å². The van der Waals surface area contributed by atoms with Gasteiger partial charge in [-0.2, -0.15) is 17.4 Å². The van der Waals surface area contributed by atoms with Gasteiger partial charge in [-0.25, -0.2) is 0 Å². The molecular formula is C18H21N3O2S. The van der Waals surface area contributed by atoms with Crippen LogP contribution in [0.25, 0.3) is 0 Å². The molecule has 0 spiro atoms. The second-order valence-corrected chi connectivity index (χ2v) is 8.28. The van der Waals surface area contributed by atoms with Crippen molar-refractivity contribution in [1.82, 2.24) is 14.0 Å². The summed E-state index contributed by atoms with van der Waals surface area (Å²) in [5.41, 5.74) is 3.29. The molecule has 1 saturated carbocycles. The summed E-state index contributed by atoms with van der Waals surface area (Å²) in [4.78, 5) is 4.14. The molecule has 4 rings (SSSR count). The Morgan fingerprint density at radius 2 is 1.92 bits per heavy atom. The van der Waals surface area contributed by atoms with Crippen molar-refractivity contribution in [3.05, 3.63) is 65.5 Å². The highest BCUT2D eigenvalue weighted by Gasteiger charge is 2.37. The summed E-state index contributed by atoms with van der Waals surface area (Å²) >= 11 is 0. The van der Waals surface area contributed by atoms with E-state index in [4.69, 9.17) is 0 Å². The van der Waals surface area contributed by atoms with E-state index in [0.29, 0.717) is 19.0 Å². The molecule has 126 valence electrons. The lowest BCUT2D eigenvalue weighted by molar-refractivity contribution is 0.375. The predicted molar refractivity (Wildman–Crippen MR) is 92.3 cm³/mol. The summed E-state index contributed by atoms with van der Waals surface area (Å²) in [6, 6.07) is 11.7. The molecule has 24 heavy (non-hydrogen) atoms. The smallest absolute Gasteiger partial charge is 0.264 e. The topological polar surface area (TPSA) is 62.3 Å². The number of nitrogens with zero attached hydrogens (tertiary/aromatic N) is 2. The third-order valence-corrected chi connectivity index (χ3v) is 6.39. The van der Waals surface area contributed by atoms with Crippen LogP contribution in [-0.2, 0) is 23.2 Å². The van der Waals surface area contributed by atoms with E-state index in [-0.39, 0.29) is 6.04 Å². The lowest BCUT2D eigenvalue weighted by atomic mass is 10.0. The molecule has 2 heterocycles. The minimum absolute atomic E-state index is 0.180. The molecule has 1 aliphatic heterocycles. The highest BCUT2D eigenvalue weighted by molar-refractivity contribution is 7.87. The third-order valence-electron chi connectivity index (χ3n) is 4.85. The molecule has 1 aromatic heterocycles. The normalized spacial score (nSPS) is 19.7. The molecule has 1 N–H and O–H groups in total. The van der Waals surface area contributed by atoms with Crippen LogP contribution in [-0.4, -0.2) is 24.3 Å². The lowest BCUT2D eigenvalue weighted by Crippen LogP contribution is -2.45. The van der Waals surface area contributed by atoms with Crippen molar-refractivity contribution in [3.8, 4) is 0 Å². The SMILES string of the molecule is O=S(=O)(NC(c1cccnc1)C1CC1)N1CCc2ccccc2C1. The largest absolute Gasteiger partial charge is 0.280 e. The number of fused-ring (bicyclic) bond motifs is 1. The molecule has 1 atom stereocenters. The van der Waals surface area contributed by atoms with Crippen molar-refractivity contribution in [2.24, 2.45) is 5.92 Å². The molecule has 2 aliphatic rings. The van der Waals surface area contributed by atoms with Gasteiger partial charge in [0.15, 0.2) is 0 Å². The Morgan fingerprint density at radius 1 is 1.12 bits per heavy atom. The van der Waals surface area contributed by atoms with Crippen LogP contribution in [0.2, 0.25) is 0 Å². The highest BCUT2D eigenvalue weighted by Crippen LogP contribution is 2.41. The average Bonchev–Trinajstić information content (AvgIpc) is 3.45. The number of rotatable bonds is 5. The Morgan fingerprint density at radius 3 is 2.62 bits per heavy atom. The first-order chi connectivity index (χ1) is 11.6. The molecule has 2 aromatic rings. The Hall–Kier alpha value is -1.76. The quantitative estimate of drug-likeness (QED) is 0.907. The number of nitrogens with one attached hydrogen (secondary N) is 1. The minimum atomic E-state index is -3.52. The zero-order valence-electron chi connectivity index (χ0n) is 13.4. The molecule has 1 fully saturated rings. The summed E-state index contributed by atoms with van der Waals surface area (Å²) in [6.07, 6.45) is 6.36. The van der Waals surface area contributed by atoms with Gasteiger partial charge in [0.05, 0.1) is 6.04 Å². The van der Waals surface area contributed by atoms with Crippen LogP contribution < -0.4 is 4.72 Å². The van der Waals surface area contributed by atoms with E-state index >= 15 is 0 Å². The summed E-state index contributed by atoms with van der Waals surface area (Å²) < 4.78 is 30.3. The Bertz CT molecular complexity index is 819. The van der Waals surface area contributed by atoms with Crippen molar-refractivity contribution < 1.29 is 8.42 Å². The maximum Gasteiger partial charge on any atom is 0.280 e. The van der Waals surface area contributed by atoms with Crippen molar-refractivity contribution in [1.29, 1.82) is 0 Å². The van der Waals surface area contributed by atoms with Gasteiger partial charge in [-0.05, 0) is 47.9 Å². The molecule has 1 aliphatic carbocycles. The minimum Gasteiger partial charge on any atom is -0.264 e. The summed E-state index contributed by atoms with van der Waals surface area (Å²) in [5, 5.41) is 0. The standard InChI is InChI=1S/C18H21N3O2S/c22-24(23,21-11-9-14-4-1-2-5-17(14)13-21)20-18(15-7-8-15)16-6-3-10-19-12-16/h1-6,10,12,15,18,20H,7-9,11,13H2. The zero-order valence-corrected chi connectivity index (χ0v) is 14.2. The van der Waals surface area contributed by atoms with Gasteiger partial charge in [-0.15, -0.1) is 0 Å². The first-order valence-corrected chi connectivity index (χ1v) is 9.81. The zero-order chi connectivity index (χ0) is 16.6. The average molecular weight is 343 g/mol. The van der Waals surface area contributed by atoms with Gasteiger partial charge in [0, 0.05) is 25.5 Å². The third kappa shape index (κ3) is 3.22. The maximum absolute atomic E-state index is 12.9. The van der Waals surface area contributed by atoms with Crippen molar-refractivity contribution in [2.75, 3.05) is 6.54 Å². The second kappa shape index (κ2) is 6.27. The molecule has 0 radical (unpaired) electrons. The van der Waals surface area contributed by atoms with Crippen LogP contribution in [0, 0.1) is 5.92 Å². The van der Waals surface area contributed by atoms with Crippen molar-refractivity contribution in [2.45, 2.75) is 31.8 Å². The van der Waals surface area contributed by atoms with Gasteiger partial charge in [0.25, 0.3) is 10.2 Å². The van der Waals surface area contributed by atoms with E-state index in [1.807, 2.05) is 30.3 Å². The fourth-order valence-corrected chi connectivity index (χ4v) is 4.78. The second-order valence-electron chi connectivity index (χ2n) is 6.58. The highest BCUT2D eigenvalue weighted by atomic mass is 32.2. The number of aromatic nitrogens is 1. The number of hydrogen-bond acceptors (Lipinski definition) is 3. The Labute approximate surface area is 142 Å². The summed E-state index contributed by atoms with van der Waals surface area (Å²) in [7, 11) is -3.52. The van der Waals surface area contributed by atoms with Gasteiger partial charge in [-0.3, -0.25) is 4.98 Å². The van der Waals surface area contributed by atoms with Crippen LogP contribution in [0.4, 0.5) is 0 Å². The number of benzene rings is 1. The molecule has 0 saturated heterocycles. The van der Waals surface area contributed by atoms with E-state index in [0.717, 1.165) is 30.4 Å². The van der Waals surface area contributed by atoms with E-state index in [1.54, 1.807) is 16.7 Å². The monoisotopic (exact) mass is 343 g/mol. The fourth-order valence-electron chi connectivity index (χ4n) is 3.34. The molecule has 5 nitrogen and oxygen atoms in total. The van der Waals surface area contributed by atoms with Crippen LogP contribution >= 0.6 is 0 Å². The molecule has 1 aromatic carbocycles. The van der Waals surface area contributed by atoms with E-state index in [2.05, 4.69) is 15.8 Å². The molecule has 0 bridgehead atoms. The van der Waals surface area contributed by atoms with E-state index in [9.17, 15) is 8.42 Å². The molecular weight excluding hydrogens is 322 g/mol. The molecule has 0 amide bonds. The van der Waals surface area contributed by atoms with Gasteiger partial charge >= 0.3 is 0 Å². The van der Waals surface area contributed by atoms with Gasteiger partial charge < -0.3 is 0 Å². The van der Waals surface area contributed by atoms with E-state index in [1.165, 1.54) is 5.56 Å². The summed E-state index contributed by atoms with van der Waals surface area (Å²) in [6.45, 7) is 0.965. The Balaban J connectivity index is 1.55. The predicted octanol–water partition coefficient (Wildman–Crippen LogP) is 2.43. The molecule has 6 heteroatoms. The van der Waals surface area contributed by atoms with Crippen LogP contribution in [0.3, 0.4) is 0 Å². The maximum atomic E-state index is 12.9. The first-order valence-electron chi connectivity index (χ1n) is 8.37. The lowest BCUT2D eigenvalue weighted by Gasteiger charge is -2.30. The molecule has 1 unspecified atom stereocenters. The fraction of sp³-hybridized carbons (Fsp3) is 0.389. The number of hydrogen-bond donors (Lipinski definition) is 1. The Kier molecular flexibility index (Phi) is 4.12.